The molecule has 0 unspecified atom stereocenters. The fourth-order valence-electron chi connectivity index (χ4n) is 18.2. The Morgan fingerprint density at radius 3 is 0.922 bits per heavy atom. The number of benzene rings is 19. The number of pyridine rings is 3. The molecule has 0 amide bonds. The minimum atomic E-state index is 0.639. The maximum atomic E-state index is 5.95. The average Bonchev–Trinajstić information content (AvgIpc) is 1.54. The van der Waals surface area contributed by atoms with Gasteiger partial charge in [-0.15, -0.1) is 11.3 Å². The van der Waals surface area contributed by atoms with Gasteiger partial charge in [0.25, 0.3) is 0 Å². The summed E-state index contributed by atoms with van der Waals surface area (Å²) in [5, 5.41) is 11.7. The van der Waals surface area contributed by atoms with Gasteiger partial charge in [-0.1, -0.05) is 388 Å². The molecule has 0 bridgehead atoms. The molecule has 0 saturated carbocycles. The third kappa shape index (κ3) is 14.8. The molecule has 0 saturated heterocycles. The molecular formula is C120H77N7OS. The highest BCUT2D eigenvalue weighted by atomic mass is 32.1. The minimum Gasteiger partial charge on any atom is -0.436 e. The van der Waals surface area contributed by atoms with Gasteiger partial charge in [0.15, 0.2) is 5.58 Å². The number of para-hydroxylation sites is 9. The van der Waals surface area contributed by atoms with Gasteiger partial charge in [-0.05, 0) is 146 Å². The number of thiazole rings is 1. The summed E-state index contributed by atoms with van der Waals surface area (Å²) in [7, 11) is 0. The van der Waals surface area contributed by atoms with Gasteiger partial charge in [0, 0.05) is 87.5 Å². The molecule has 0 N–H and O–H groups in total. The van der Waals surface area contributed by atoms with Gasteiger partial charge in [0.2, 0.25) is 5.89 Å². The Bertz CT molecular complexity index is 8090. The number of imidazole rings is 1. The predicted molar refractivity (Wildman–Crippen MR) is 538 cm³/mol. The van der Waals surface area contributed by atoms with Crippen molar-refractivity contribution in [3.05, 3.63) is 467 Å². The second-order valence-corrected chi connectivity index (χ2v) is 33.3. The maximum Gasteiger partial charge on any atom is 0.227 e. The zero-order valence-electron chi connectivity index (χ0n) is 69.9. The van der Waals surface area contributed by atoms with Crippen molar-refractivity contribution in [2.24, 2.45) is 0 Å². The van der Waals surface area contributed by atoms with E-state index in [0.717, 1.165) is 138 Å². The third-order valence-electron chi connectivity index (χ3n) is 24.5. The first-order chi connectivity index (χ1) is 63.9. The Hall–Kier alpha value is -17.0. The Kier molecular flexibility index (Phi) is 20.0. The van der Waals surface area contributed by atoms with E-state index in [0.29, 0.717) is 5.89 Å². The monoisotopic (exact) mass is 1660 g/mol. The number of oxazole rings is 1. The Morgan fingerprint density at radius 1 is 0.194 bits per heavy atom. The Labute approximate surface area is 749 Å². The molecule has 6 heterocycles. The molecule has 8 nitrogen and oxygen atoms in total. The molecule has 25 aromatic rings. The molecule has 0 atom stereocenters. The molecule has 0 spiro atoms. The van der Waals surface area contributed by atoms with E-state index in [9.17, 15) is 0 Å². The van der Waals surface area contributed by atoms with Crippen LogP contribution in [0.2, 0.25) is 0 Å². The van der Waals surface area contributed by atoms with Crippen LogP contribution in [0, 0.1) is 0 Å². The fourth-order valence-corrected chi connectivity index (χ4v) is 19.1. The molecule has 129 heavy (non-hydrogen) atoms. The summed E-state index contributed by atoms with van der Waals surface area (Å²) in [6.07, 6.45) is 0. The molecular weight excluding hydrogens is 1590 g/mol. The van der Waals surface area contributed by atoms with E-state index < -0.39 is 0 Å². The summed E-state index contributed by atoms with van der Waals surface area (Å²) in [6, 6.07) is 164. The van der Waals surface area contributed by atoms with Crippen molar-refractivity contribution in [1.29, 1.82) is 0 Å². The highest BCUT2D eigenvalue weighted by molar-refractivity contribution is 7.21. The van der Waals surface area contributed by atoms with Gasteiger partial charge in [-0.25, -0.2) is 29.9 Å². The van der Waals surface area contributed by atoms with Crippen LogP contribution in [0.5, 0.6) is 0 Å². The molecule has 9 heteroatoms. The SMILES string of the molecule is c1ccc(-c2nc3ccccc3c3c(-c4ccc(-c5ccc(-c6nc7ccccc7n6-c6ccccc6)cc5)cc4)cccc23)cc1.c1ccc(-c2nc3ccccc3c3c(-c4ccc(-c5ccc(-c6nc7ccccc7o6)cc5)cc4)cccc23)cc1.c1ccc(-c2nc3ccccc3c3c(-c4ccc(-c5ccc(-c6nc7ccccc7s6)cc5)cc4)cccc23)cc1. The smallest absolute Gasteiger partial charge is 0.227 e. The zero-order chi connectivity index (χ0) is 85.5. The van der Waals surface area contributed by atoms with E-state index in [1.54, 1.807) is 11.3 Å². The van der Waals surface area contributed by atoms with Crippen LogP contribution in [0.15, 0.2) is 472 Å². The van der Waals surface area contributed by atoms with Crippen molar-refractivity contribution in [1.82, 2.24) is 34.5 Å². The first-order valence-electron chi connectivity index (χ1n) is 43.4. The number of fused-ring (bicyclic) bond motifs is 12. The molecule has 0 radical (unpaired) electrons. The van der Waals surface area contributed by atoms with Gasteiger partial charge in [-0.3, -0.25) is 4.57 Å². The fraction of sp³-hybridized carbons (Fsp3) is 0. The normalized spacial score (nSPS) is 11.4. The summed E-state index contributed by atoms with van der Waals surface area (Å²) in [4.78, 5) is 29.8. The summed E-state index contributed by atoms with van der Waals surface area (Å²) in [6.45, 7) is 0. The quantitative estimate of drug-likeness (QED) is 0.106. The second kappa shape index (κ2) is 33.6. The molecule has 25 rings (SSSR count). The zero-order valence-corrected chi connectivity index (χ0v) is 70.7. The van der Waals surface area contributed by atoms with Gasteiger partial charge < -0.3 is 4.42 Å². The highest BCUT2D eigenvalue weighted by Gasteiger charge is 2.22. The number of hydrogen-bond acceptors (Lipinski definition) is 8. The summed E-state index contributed by atoms with van der Waals surface area (Å²) in [5.41, 5.74) is 32.8. The van der Waals surface area contributed by atoms with Crippen LogP contribution in [0.1, 0.15) is 0 Å². The van der Waals surface area contributed by atoms with Crippen molar-refractivity contribution >= 4 is 109 Å². The van der Waals surface area contributed by atoms with Gasteiger partial charge in [0.1, 0.15) is 16.3 Å². The van der Waals surface area contributed by atoms with E-state index >= 15 is 0 Å². The third-order valence-corrected chi connectivity index (χ3v) is 25.6. The van der Waals surface area contributed by atoms with Gasteiger partial charge >= 0.3 is 0 Å². The predicted octanol–water partition coefficient (Wildman–Crippen LogP) is 32.3. The number of nitrogens with zero attached hydrogens (tertiary/aromatic N) is 7. The lowest BCUT2D eigenvalue weighted by Gasteiger charge is -2.14. The van der Waals surface area contributed by atoms with Crippen LogP contribution < -0.4 is 0 Å². The maximum absolute atomic E-state index is 5.95. The molecule has 0 fully saturated rings. The summed E-state index contributed by atoms with van der Waals surface area (Å²) < 4.78 is 9.41. The lowest BCUT2D eigenvalue weighted by molar-refractivity contribution is 0.620. The van der Waals surface area contributed by atoms with Crippen molar-refractivity contribution in [2.45, 2.75) is 0 Å². The van der Waals surface area contributed by atoms with Crippen molar-refractivity contribution in [3.8, 4) is 140 Å². The van der Waals surface area contributed by atoms with Crippen molar-refractivity contribution in [3.63, 3.8) is 0 Å². The standard InChI is InChI=1S/C44H29N3.C38H24N2O.C38H24N2S/c1-3-12-33(13-4-1)43-38-18-11-17-36(42(38)37-16-7-8-19-39(37)45-43)32-26-22-30(23-27-32)31-24-28-34(29-25-31)44-46-40-20-9-10-21-41(40)47(44)35-14-5-2-6-15-35;2*1-2-9-28(10-3-1)37-32-13-8-12-30(36(32)31-11-4-5-14-33(31)39-37)27-21-17-25(18-22-27)26-19-23-29(24-20-26)38-40-34-15-6-7-16-35(34)41-38/h1-29H;2*1-24H. The molecule has 0 aliphatic carbocycles. The number of rotatable bonds is 13. The van der Waals surface area contributed by atoms with E-state index in [-0.39, 0.29) is 0 Å². The lowest BCUT2D eigenvalue weighted by Crippen LogP contribution is -1.97. The topological polar surface area (TPSA) is 95.4 Å². The molecule has 6 aromatic heterocycles. The molecule has 604 valence electrons. The van der Waals surface area contributed by atoms with E-state index in [1.807, 2.05) is 54.6 Å². The largest absolute Gasteiger partial charge is 0.436 e. The van der Waals surface area contributed by atoms with Crippen LogP contribution >= 0.6 is 11.3 Å². The van der Waals surface area contributed by atoms with Crippen molar-refractivity contribution < 1.29 is 4.42 Å². The van der Waals surface area contributed by atoms with Crippen LogP contribution in [-0.2, 0) is 0 Å². The van der Waals surface area contributed by atoms with Crippen LogP contribution in [-0.4, -0.2) is 34.5 Å². The number of hydrogen-bond donors (Lipinski definition) is 0. The average molecular weight is 1670 g/mol. The van der Waals surface area contributed by atoms with E-state index in [4.69, 9.17) is 29.3 Å². The molecule has 0 aliphatic rings. The van der Waals surface area contributed by atoms with E-state index in [2.05, 4.69) is 422 Å². The lowest BCUT2D eigenvalue weighted by atomic mass is 9.92. The van der Waals surface area contributed by atoms with Crippen molar-refractivity contribution in [2.75, 3.05) is 0 Å². The first kappa shape index (κ1) is 76.9. The summed E-state index contributed by atoms with van der Waals surface area (Å²) in [5.74, 6) is 1.58. The molecule has 19 aromatic carbocycles. The highest BCUT2D eigenvalue weighted by Crippen LogP contribution is 2.45. The van der Waals surface area contributed by atoms with Gasteiger partial charge in [-0.2, -0.15) is 0 Å². The Balaban J connectivity index is 0.000000111. The summed E-state index contributed by atoms with van der Waals surface area (Å²) >= 11 is 1.74. The van der Waals surface area contributed by atoms with Crippen LogP contribution in [0.25, 0.3) is 237 Å². The second-order valence-electron chi connectivity index (χ2n) is 32.2. The van der Waals surface area contributed by atoms with Crippen LogP contribution in [0.3, 0.4) is 0 Å². The minimum absolute atomic E-state index is 0.639. The molecule has 0 aliphatic heterocycles. The Morgan fingerprint density at radius 2 is 0.512 bits per heavy atom. The van der Waals surface area contributed by atoms with Gasteiger partial charge in [0.05, 0.1) is 54.9 Å². The number of aromatic nitrogens is 7. The van der Waals surface area contributed by atoms with E-state index in [1.165, 1.54) is 92.7 Å². The first-order valence-corrected chi connectivity index (χ1v) is 44.3. The van der Waals surface area contributed by atoms with Crippen LogP contribution in [0.4, 0.5) is 0 Å².